The van der Waals surface area contributed by atoms with Gasteiger partial charge in [-0.05, 0) is 30.3 Å². The van der Waals surface area contributed by atoms with Gasteiger partial charge in [-0.1, -0.05) is 66.2 Å². The largest absolute Gasteiger partial charge is 0.348 e. The third-order valence-corrected chi connectivity index (χ3v) is 4.62. The number of benzene rings is 3. The summed E-state index contributed by atoms with van der Waals surface area (Å²) in [6.45, 7) is 0.363. The number of nitrogens with zero attached hydrogens (tertiary/aromatic N) is 2. The van der Waals surface area contributed by atoms with Gasteiger partial charge in [0.05, 0.1) is 11.4 Å². The molecule has 3 aromatic carbocycles. The lowest BCUT2D eigenvalue weighted by Gasteiger charge is -2.06. The number of aromatic nitrogens is 2. The minimum atomic E-state index is -0.172. The third-order valence-electron chi connectivity index (χ3n) is 4.38. The van der Waals surface area contributed by atoms with Gasteiger partial charge in [-0.15, -0.1) is 0 Å². The number of carbonyl (C=O) groups is 1. The number of rotatable bonds is 5. The molecule has 0 atom stereocenters. The number of carbonyl (C=O) groups excluding carboxylic acids is 1. The van der Waals surface area contributed by atoms with Gasteiger partial charge in [0.25, 0.3) is 5.91 Å². The van der Waals surface area contributed by atoms with Gasteiger partial charge in [-0.25, -0.2) is 4.68 Å². The van der Waals surface area contributed by atoms with E-state index in [2.05, 4.69) is 5.32 Å². The van der Waals surface area contributed by atoms with Crippen LogP contribution in [0.3, 0.4) is 0 Å². The molecule has 5 heteroatoms. The maximum Gasteiger partial charge on any atom is 0.251 e. The van der Waals surface area contributed by atoms with E-state index in [4.69, 9.17) is 16.7 Å². The molecule has 0 fully saturated rings. The van der Waals surface area contributed by atoms with Crippen LogP contribution in [0.5, 0.6) is 0 Å². The first-order valence-electron chi connectivity index (χ1n) is 8.94. The van der Waals surface area contributed by atoms with E-state index < -0.39 is 0 Å². The zero-order chi connectivity index (χ0) is 19.3. The highest BCUT2D eigenvalue weighted by Gasteiger charge is 2.14. The molecule has 0 saturated carbocycles. The van der Waals surface area contributed by atoms with Crippen LogP contribution in [0.2, 0.25) is 5.02 Å². The Kier molecular flexibility index (Phi) is 5.22. The lowest BCUT2D eigenvalue weighted by Crippen LogP contribution is -2.22. The molecule has 0 bridgehead atoms. The molecule has 0 aliphatic rings. The molecule has 1 aromatic heterocycles. The summed E-state index contributed by atoms with van der Waals surface area (Å²) < 4.78 is 1.84. The maximum absolute atomic E-state index is 12.5. The minimum absolute atomic E-state index is 0.172. The molecule has 0 saturated heterocycles. The van der Waals surface area contributed by atoms with E-state index in [0.717, 1.165) is 22.5 Å². The molecule has 4 aromatic rings. The first-order chi connectivity index (χ1) is 13.7. The summed E-state index contributed by atoms with van der Waals surface area (Å²) in [5.41, 5.74) is 4.28. The molecule has 0 aliphatic carbocycles. The first kappa shape index (κ1) is 18.0. The molecule has 0 aliphatic heterocycles. The van der Waals surface area contributed by atoms with Crippen LogP contribution in [0.25, 0.3) is 16.9 Å². The Bertz CT molecular complexity index is 1090. The van der Waals surface area contributed by atoms with Crippen LogP contribution in [-0.4, -0.2) is 15.7 Å². The third kappa shape index (κ3) is 3.97. The topological polar surface area (TPSA) is 46.9 Å². The second-order valence-corrected chi connectivity index (χ2v) is 6.78. The monoisotopic (exact) mass is 387 g/mol. The number of para-hydroxylation sites is 1. The molecule has 4 rings (SSSR count). The summed E-state index contributed by atoms with van der Waals surface area (Å²) >= 11 is 5.99. The van der Waals surface area contributed by atoms with Crippen molar-refractivity contribution in [3.63, 3.8) is 0 Å². The predicted octanol–water partition coefficient (Wildman–Crippen LogP) is 5.12. The van der Waals surface area contributed by atoms with Gasteiger partial charge in [0, 0.05) is 34.5 Å². The van der Waals surface area contributed by atoms with Crippen LogP contribution in [0.15, 0.2) is 91.1 Å². The van der Waals surface area contributed by atoms with Gasteiger partial charge in [0.2, 0.25) is 0 Å². The second-order valence-electron chi connectivity index (χ2n) is 6.34. The summed E-state index contributed by atoms with van der Waals surface area (Å²) in [5, 5.41) is 8.26. The highest BCUT2D eigenvalue weighted by atomic mass is 35.5. The Hall–Kier alpha value is -3.37. The van der Waals surface area contributed by atoms with Crippen LogP contribution < -0.4 is 5.32 Å². The van der Waals surface area contributed by atoms with Gasteiger partial charge < -0.3 is 5.32 Å². The van der Waals surface area contributed by atoms with E-state index in [-0.39, 0.29) is 5.91 Å². The molecule has 0 spiro atoms. The summed E-state index contributed by atoms with van der Waals surface area (Å²) in [5.74, 6) is -0.172. The van der Waals surface area contributed by atoms with E-state index in [1.54, 1.807) is 24.3 Å². The lowest BCUT2D eigenvalue weighted by atomic mass is 10.1. The highest BCUT2D eigenvalue weighted by Crippen LogP contribution is 2.23. The molecule has 0 unspecified atom stereocenters. The molecular weight excluding hydrogens is 370 g/mol. The molecule has 0 radical (unpaired) electrons. The van der Waals surface area contributed by atoms with E-state index in [0.29, 0.717) is 17.1 Å². The number of amides is 1. The van der Waals surface area contributed by atoms with Crippen molar-refractivity contribution in [2.75, 3.05) is 0 Å². The van der Waals surface area contributed by atoms with Crippen LogP contribution in [0.1, 0.15) is 15.9 Å². The second kappa shape index (κ2) is 8.11. The molecule has 28 heavy (non-hydrogen) atoms. The van der Waals surface area contributed by atoms with Gasteiger partial charge in [0.15, 0.2) is 0 Å². The Morgan fingerprint density at radius 2 is 1.64 bits per heavy atom. The smallest absolute Gasteiger partial charge is 0.251 e. The van der Waals surface area contributed by atoms with Crippen LogP contribution in [0.4, 0.5) is 0 Å². The van der Waals surface area contributed by atoms with Gasteiger partial charge >= 0.3 is 0 Å². The standard InChI is InChI=1S/C23H18ClN3O/c24-20-11-7-10-18(14-20)23(28)25-15-19-16-27(21-12-5-2-6-13-21)26-22(19)17-8-3-1-4-9-17/h1-14,16H,15H2,(H,25,28). The Balaban J connectivity index is 1.63. The number of hydrogen-bond donors (Lipinski definition) is 1. The van der Waals surface area contributed by atoms with Crippen molar-refractivity contribution in [2.45, 2.75) is 6.54 Å². The van der Waals surface area contributed by atoms with Crippen LogP contribution in [-0.2, 0) is 6.54 Å². The van der Waals surface area contributed by atoms with Gasteiger partial charge in [-0.3, -0.25) is 4.79 Å². The van der Waals surface area contributed by atoms with Crippen molar-refractivity contribution in [3.05, 3.63) is 107 Å². The quantitative estimate of drug-likeness (QED) is 0.516. The summed E-state index contributed by atoms with van der Waals surface area (Å²) in [4.78, 5) is 12.5. The fourth-order valence-electron chi connectivity index (χ4n) is 3.00. The zero-order valence-electron chi connectivity index (χ0n) is 15.0. The molecule has 1 heterocycles. The maximum atomic E-state index is 12.5. The molecular formula is C23H18ClN3O. The van der Waals surface area contributed by atoms with Crippen molar-refractivity contribution in [1.29, 1.82) is 0 Å². The first-order valence-corrected chi connectivity index (χ1v) is 9.31. The van der Waals surface area contributed by atoms with Crippen molar-refractivity contribution in [2.24, 2.45) is 0 Å². The fourth-order valence-corrected chi connectivity index (χ4v) is 3.19. The van der Waals surface area contributed by atoms with Crippen molar-refractivity contribution < 1.29 is 4.79 Å². The van der Waals surface area contributed by atoms with E-state index in [1.165, 1.54) is 0 Å². The highest BCUT2D eigenvalue weighted by molar-refractivity contribution is 6.30. The number of halogens is 1. The Morgan fingerprint density at radius 3 is 2.36 bits per heavy atom. The number of nitrogens with one attached hydrogen (secondary N) is 1. The summed E-state index contributed by atoms with van der Waals surface area (Å²) in [7, 11) is 0. The van der Waals surface area contributed by atoms with E-state index in [1.807, 2.05) is 71.5 Å². The Labute approximate surface area is 168 Å². The number of hydrogen-bond acceptors (Lipinski definition) is 2. The van der Waals surface area contributed by atoms with Crippen molar-refractivity contribution >= 4 is 17.5 Å². The van der Waals surface area contributed by atoms with Crippen molar-refractivity contribution in [3.8, 4) is 16.9 Å². The molecule has 138 valence electrons. The predicted molar refractivity (Wildman–Crippen MR) is 112 cm³/mol. The van der Waals surface area contributed by atoms with E-state index in [9.17, 15) is 4.79 Å². The molecule has 1 amide bonds. The zero-order valence-corrected chi connectivity index (χ0v) is 15.8. The normalized spacial score (nSPS) is 10.6. The average molecular weight is 388 g/mol. The molecule has 4 nitrogen and oxygen atoms in total. The molecule has 1 N–H and O–H groups in total. The SMILES string of the molecule is O=C(NCc1cn(-c2ccccc2)nc1-c1ccccc1)c1cccc(Cl)c1. The average Bonchev–Trinajstić information content (AvgIpc) is 3.17. The Morgan fingerprint density at radius 1 is 0.929 bits per heavy atom. The fraction of sp³-hybridized carbons (Fsp3) is 0.0435. The summed E-state index contributed by atoms with van der Waals surface area (Å²) in [6, 6.07) is 26.8. The van der Waals surface area contributed by atoms with Crippen LogP contribution >= 0.6 is 11.6 Å². The van der Waals surface area contributed by atoms with Crippen LogP contribution in [0, 0.1) is 0 Å². The minimum Gasteiger partial charge on any atom is -0.348 e. The summed E-state index contributed by atoms with van der Waals surface area (Å²) in [6.07, 6.45) is 1.95. The lowest BCUT2D eigenvalue weighted by molar-refractivity contribution is 0.0951. The van der Waals surface area contributed by atoms with Gasteiger partial charge in [0.1, 0.15) is 0 Å². The van der Waals surface area contributed by atoms with Crippen molar-refractivity contribution in [1.82, 2.24) is 15.1 Å². The van der Waals surface area contributed by atoms with E-state index >= 15 is 0 Å². The van der Waals surface area contributed by atoms with Gasteiger partial charge in [-0.2, -0.15) is 5.10 Å².